The third-order valence-electron chi connectivity index (χ3n) is 4.10. The summed E-state index contributed by atoms with van der Waals surface area (Å²) < 4.78 is 3.96. The van der Waals surface area contributed by atoms with E-state index in [1.165, 1.54) is 11.5 Å². The number of amides is 1. The molecule has 0 fully saturated rings. The second-order valence-corrected chi connectivity index (χ2v) is 6.48. The fourth-order valence-electron chi connectivity index (χ4n) is 3.01. The Kier molecular flexibility index (Phi) is 3.70. The third kappa shape index (κ3) is 2.26. The van der Waals surface area contributed by atoms with Crippen LogP contribution in [-0.4, -0.2) is 22.5 Å². The van der Waals surface area contributed by atoms with E-state index < -0.39 is 6.17 Å². The number of nitrogens with zero attached hydrogens (tertiary/aromatic N) is 4. The van der Waals surface area contributed by atoms with E-state index in [0.717, 1.165) is 5.69 Å². The normalized spacial score (nSPS) is 17.1. The Labute approximate surface area is 148 Å². The lowest BCUT2D eigenvalue weighted by atomic mass is 10.0. The minimum Gasteiger partial charge on any atom is -0.348 e. The van der Waals surface area contributed by atoms with E-state index in [1.54, 1.807) is 11.0 Å². The van der Waals surface area contributed by atoms with Crippen molar-refractivity contribution in [2.24, 2.45) is 0 Å². The summed E-state index contributed by atoms with van der Waals surface area (Å²) >= 11 is 7.64. The van der Waals surface area contributed by atoms with Gasteiger partial charge in [0.1, 0.15) is 5.69 Å². The number of anilines is 2. The first kappa shape index (κ1) is 15.1. The monoisotopic (exact) mass is 356 g/mol. The van der Waals surface area contributed by atoms with Crippen molar-refractivity contribution in [3.05, 3.63) is 70.2 Å². The van der Waals surface area contributed by atoms with Crippen molar-refractivity contribution in [2.45, 2.75) is 6.17 Å². The summed E-state index contributed by atoms with van der Waals surface area (Å²) in [6, 6.07) is 14.9. The van der Waals surface area contributed by atoms with Crippen LogP contribution in [0.15, 0.2) is 53.9 Å². The van der Waals surface area contributed by atoms with Crippen molar-refractivity contribution in [1.29, 1.82) is 0 Å². The fraction of sp³-hybridized carbons (Fsp3) is 0.118. The number of carbonyl (C=O) groups is 1. The molecular weight excluding hydrogens is 344 g/mol. The number of hydrogen-bond donors (Lipinski definition) is 0. The lowest BCUT2D eigenvalue weighted by Gasteiger charge is -2.43. The maximum Gasteiger partial charge on any atom is 0.262 e. The summed E-state index contributed by atoms with van der Waals surface area (Å²) in [6.45, 7) is 0. The van der Waals surface area contributed by atoms with Crippen LogP contribution in [0.25, 0.3) is 0 Å². The van der Waals surface area contributed by atoms with Crippen molar-refractivity contribution in [2.75, 3.05) is 16.8 Å². The third-order valence-corrected chi connectivity index (χ3v) is 4.94. The molecule has 24 heavy (non-hydrogen) atoms. The predicted molar refractivity (Wildman–Crippen MR) is 95.8 cm³/mol. The summed E-state index contributed by atoms with van der Waals surface area (Å²) in [6.07, 6.45) is -0.397. The van der Waals surface area contributed by atoms with Crippen molar-refractivity contribution in [1.82, 2.24) is 9.59 Å². The highest BCUT2D eigenvalue weighted by atomic mass is 35.5. The molecule has 1 aromatic heterocycles. The summed E-state index contributed by atoms with van der Waals surface area (Å²) in [7, 11) is 1.94. The van der Waals surface area contributed by atoms with Gasteiger partial charge in [-0.05, 0) is 35.8 Å². The van der Waals surface area contributed by atoms with Gasteiger partial charge in [-0.25, -0.2) is 0 Å². The molecule has 1 aliphatic heterocycles. The SMILES string of the molecule is CN1c2ccccc2C(=O)N(c2ccccc2Cl)C1c1csnn1. The molecule has 1 aliphatic rings. The van der Waals surface area contributed by atoms with Crippen molar-refractivity contribution >= 4 is 40.4 Å². The van der Waals surface area contributed by atoms with Crippen molar-refractivity contribution in [3.8, 4) is 0 Å². The first-order valence-corrected chi connectivity index (χ1v) is 8.57. The zero-order chi connectivity index (χ0) is 16.7. The average Bonchev–Trinajstić information content (AvgIpc) is 3.13. The van der Waals surface area contributed by atoms with Crippen LogP contribution < -0.4 is 9.80 Å². The first-order valence-electron chi connectivity index (χ1n) is 7.35. The topological polar surface area (TPSA) is 49.3 Å². The van der Waals surface area contributed by atoms with Crippen LogP contribution in [0, 0.1) is 0 Å². The number of rotatable bonds is 2. The number of halogens is 1. The van der Waals surface area contributed by atoms with E-state index in [9.17, 15) is 4.79 Å². The second-order valence-electron chi connectivity index (χ2n) is 5.46. The van der Waals surface area contributed by atoms with E-state index in [-0.39, 0.29) is 5.91 Å². The maximum absolute atomic E-state index is 13.2. The number of hydrogen-bond acceptors (Lipinski definition) is 5. The first-order chi connectivity index (χ1) is 11.7. The standard InChI is InChI=1S/C17H13ClN4OS/c1-21-14-8-4-2-6-11(14)17(23)22(15-9-5-3-7-12(15)18)16(21)13-10-24-20-19-13/h2-10,16H,1H3. The fourth-order valence-corrected chi connectivity index (χ4v) is 3.70. The molecule has 0 saturated carbocycles. The average molecular weight is 357 g/mol. The van der Waals surface area contributed by atoms with Gasteiger partial charge in [-0.3, -0.25) is 9.69 Å². The lowest BCUT2D eigenvalue weighted by Crippen LogP contribution is -2.48. The van der Waals surface area contributed by atoms with Crippen LogP contribution in [0.1, 0.15) is 22.2 Å². The number of carbonyl (C=O) groups excluding carboxylic acids is 1. The van der Waals surface area contributed by atoms with Crippen molar-refractivity contribution < 1.29 is 4.79 Å². The Morgan fingerprint density at radius 2 is 1.79 bits per heavy atom. The zero-order valence-electron chi connectivity index (χ0n) is 12.8. The molecule has 7 heteroatoms. The Morgan fingerprint density at radius 1 is 1.08 bits per heavy atom. The van der Waals surface area contributed by atoms with Gasteiger partial charge in [0.25, 0.3) is 5.91 Å². The highest BCUT2D eigenvalue weighted by molar-refractivity contribution is 7.03. The Balaban J connectivity index is 1.95. The molecule has 3 aromatic rings. The molecule has 1 atom stereocenters. The van der Waals surface area contributed by atoms with Gasteiger partial charge in [0, 0.05) is 12.4 Å². The number of benzene rings is 2. The molecule has 1 unspecified atom stereocenters. The van der Waals surface area contributed by atoms with E-state index in [0.29, 0.717) is 22.0 Å². The molecule has 4 rings (SSSR count). The molecule has 1 amide bonds. The molecule has 0 N–H and O–H groups in total. The van der Waals surface area contributed by atoms with E-state index in [1.807, 2.05) is 59.8 Å². The molecule has 120 valence electrons. The lowest BCUT2D eigenvalue weighted by molar-refractivity contribution is 0.0969. The van der Waals surface area contributed by atoms with Gasteiger partial charge < -0.3 is 4.90 Å². The molecule has 2 aromatic carbocycles. The molecule has 5 nitrogen and oxygen atoms in total. The predicted octanol–water partition coefficient (Wildman–Crippen LogP) is 3.99. The van der Waals surface area contributed by atoms with Gasteiger partial charge in [-0.2, -0.15) is 0 Å². The molecule has 2 heterocycles. The number of fused-ring (bicyclic) bond motifs is 1. The van der Waals surface area contributed by atoms with Crippen LogP contribution >= 0.6 is 23.1 Å². The summed E-state index contributed by atoms with van der Waals surface area (Å²) in [5.74, 6) is -0.102. The van der Waals surface area contributed by atoms with Crippen LogP contribution in [0.4, 0.5) is 11.4 Å². The van der Waals surface area contributed by atoms with Gasteiger partial charge in [0.05, 0.1) is 22.0 Å². The minimum absolute atomic E-state index is 0.102. The van der Waals surface area contributed by atoms with Gasteiger partial charge in [0.15, 0.2) is 6.17 Å². The Bertz CT molecular complexity index is 899. The zero-order valence-corrected chi connectivity index (χ0v) is 14.3. The summed E-state index contributed by atoms with van der Waals surface area (Å²) in [5.41, 5.74) is 2.87. The van der Waals surface area contributed by atoms with E-state index in [2.05, 4.69) is 9.59 Å². The van der Waals surface area contributed by atoms with E-state index in [4.69, 9.17) is 11.6 Å². The minimum atomic E-state index is -0.397. The van der Waals surface area contributed by atoms with Crippen LogP contribution in [0.5, 0.6) is 0 Å². The molecule has 0 aliphatic carbocycles. The molecular formula is C17H13ClN4OS. The second kappa shape index (κ2) is 5.89. The number of aromatic nitrogens is 2. The highest BCUT2D eigenvalue weighted by Gasteiger charge is 2.39. The Morgan fingerprint density at radius 3 is 2.50 bits per heavy atom. The molecule has 0 radical (unpaired) electrons. The molecule has 0 spiro atoms. The number of para-hydroxylation sites is 2. The van der Waals surface area contributed by atoms with Crippen LogP contribution in [0.2, 0.25) is 5.02 Å². The quantitative estimate of drug-likeness (QED) is 0.696. The van der Waals surface area contributed by atoms with Gasteiger partial charge in [-0.15, -0.1) is 5.10 Å². The largest absolute Gasteiger partial charge is 0.348 e. The van der Waals surface area contributed by atoms with Crippen LogP contribution in [-0.2, 0) is 0 Å². The van der Waals surface area contributed by atoms with E-state index >= 15 is 0 Å². The summed E-state index contributed by atoms with van der Waals surface area (Å²) in [4.78, 5) is 16.9. The molecule has 0 saturated heterocycles. The summed E-state index contributed by atoms with van der Waals surface area (Å²) in [5, 5.41) is 6.57. The van der Waals surface area contributed by atoms with Gasteiger partial charge in [0.2, 0.25) is 0 Å². The smallest absolute Gasteiger partial charge is 0.262 e. The van der Waals surface area contributed by atoms with Crippen molar-refractivity contribution in [3.63, 3.8) is 0 Å². The maximum atomic E-state index is 13.2. The Hall–Kier alpha value is -2.44. The highest BCUT2D eigenvalue weighted by Crippen LogP contribution is 2.41. The van der Waals surface area contributed by atoms with Crippen LogP contribution in [0.3, 0.4) is 0 Å². The molecule has 0 bridgehead atoms. The van der Waals surface area contributed by atoms with Gasteiger partial charge >= 0.3 is 0 Å². The van der Waals surface area contributed by atoms with Gasteiger partial charge in [-0.1, -0.05) is 40.4 Å².